The molecule has 0 unspecified atom stereocenters. The molecule has 3 aromatic rings. The fraction of sp³-hybridized carbons (Fsp3) is 0.292. The molecule has 0 atom stereocenters. The Labute approximate surface area is 181 Å². The van der Waals surface area contributed by atoms with Crippen LogP contribution in [0.3, 0.4) is 0 Å². The lowest BCUT2D eigenvalue weighted by atomic mass is 10.0. The van der Waals surface area contributed by atoms with Gasteiger partial charge in [0.25, 0.3) is 0 Å². The van der Waals surface area contributed by atoms with Crippen molar-refractivity contribution in [1.82, 2.24) is 4.98 Å². The van der Waals surface area contributed by atoms with Crippen LogP contribution in [-0.2, 0) is 11.2 Å². The maximum atomic E-state index is 12.5. The van der Waals surface area contributed by atoms with E-state index < -0.39 is 0 Å². The number of ether oxygens (including phenoxy) is 1. The van der Waals surface area contributed by atoms with Gasteiger partial charge in [0.2, 0.25) is 5.89 Å². The highest BCUT2D eigenvalue weighted by Crippen LogP contribution is 2.32. The third-order valence-electron chi connectivity index (χ3n) is 4.61. The molecule has 0 aliphatic heterocycles. The molecular weight excluding hydrogens is 402 g/mol. The van der Waals surface area contributed by atoms with Gasteiger partial charge in [-0.1, -0.05) is 37.6 Å². The van der Waals surface area contributed by atoms with Crippen molar-refractivity contribution < 1.29 is 18.7 Å². The van der Waals surface area contributed by atoms with E-state index in [1.165, 1.54) is 6.92 Å². The molecule has 3 rings (SSSR count). The summed E-state index contributed by atoms with van der Waals surface area (Å²) in [4.78, 5) is 28.1. The van der Waals surface area contributed by atoms with Crippen molar-refractivity contribution in [3.63, 3.8) is 0 Å². The first-order chi connectivity index (χ1) is 14.3. The normalized spacial score (nSPS) is 11.0. The summed E-state index contributed by atoms with van der Waals surface area (Å²) in [7, 11) is 0. The van der Waals surface area contributed by atoms with Gasteiger partial charge in [-0.15, -0.1) is 0 Å². The molecule has 0 saturated carbocycles. The fourth-order valence-corrected chi connectivity index (χ4v) is 3.40. The highest BCUT2D eigenvalue weighted by Gasteiger charge is 2.19. The summed E-state index contributed by atoms with van der Waals surface area (Å²) in [5.74, 6) is 1.57. The molecule has 156 valence electrons. The number of hydrogen-bond donors (Lipinski definition) is 0. The first-order valence-corrected chi connectivity index (χ1v) is 10.3. The molecule has 0 fully saturated rings. The van der Waals surface area contributed by atoms with Crippen LogP contribution in [0.15, 0.2) is 52.9 Å². The van der Waals surface area contributed by atoms with Crippen LogP contribution in [0.4, 0.5) is 0 Å². The standard InChI is InChI=1S/C24H24ClNO4/c1-15(2)23-21(26-24(30-23)19-7-4-5-8-20(19)25)9-6-10-22(28)17-11-13-18(14-12-17)29-16(3)27/h4-5,7-8,11-15H,6,9-10H2,1-3H3. The molecule has 0 saturated heterocycles. The summed E-state index contributed by atoms with van der Waals surface area (Å²) in [6.07, 6.45) is 1.68. The Bertz CT molecular complexity index is 1040. The molecule has 0 spiro atoms. The van der Waals surface area contributed by atoms with Crippen LogP contribution >= 0.6 is 11.6 Å². The number of rotatable bonds is 8. The van der Waals surface area contributed by atoms with E-state index in [1.807, 2.05) is 18.2 Å². The number of esters is 1. The average molecular weight is 426 g/mol. The number of hydrogen-bond acceptors (Lipinski definition) is 5. The lowest BCUT2D eigenvalue weighted by Gasteiger charge is -2.05. The Morgan fingerprint density at radius 2 is 1.80 bits per heavy atom. The molecule has 30 heavy (non-hydrogen) atoms. The van der Waals surface area contributed by atoms with Crippen molar-refractivity contribution in [2.75, 3.05) is 0 Å². The Morgan fingerprint density at radius 3 is 2.43 bits per heavy atom. The van der Waals surface area contributed by atoms with Gasteiger partial charge in [-0.3, -0.25) is 9.59 Å². The summed E-state index contributed by atoms with van der Waals surface area (Å²) in [6, 6.07) is 14.0. The molecule has 0 amide bonds. The monoisotopic (exact) mass is 425 g/mol. The highest BCUT2D eigenvalue weighted by molar-refractivity contribution is 6.33. The van der Waals surface area contributed by atoms with Gasteiger partial charge in [-0.25, -0.2) is 4.98 Å². The molecule has 6 heteroatoms. The smallest absolute Gasteiger partial charge is 0.308 e. The summed E-state index contributed by atoms with van der Waals surface area (Å²) < 4.78 is 11.0. The summed E-state index contributed by atoms with van der Waals surface area (Å²) in [6.45, 7) is 5.44. The largest absolute Gasteiger partial charge is 0.441 e. The van der Waals surface area contributed by atoms with E-state index in [-0.39, 0.29) is 17.7 Å². The third kappa shape index (κ3) is 5.36. The second kappa shape index (κ2) is 9.72. The number of nitrogens with zero attached hydrogens (tertiary/aromatic N) is 1. The van der Waals surface area contributed by atoms with E-state index in [4.69, 9.17) is 20.8 Å². The van der Waals surface area contributed by atoms with Crippen LogP contribution in [0, 0.1) is 0 Å². The highest BCUT2D eigenvalue weighted by atomic mass is 35.5. The van der Waals surface area contributed by atoms with Crippen molar-refractivity contribution in [3.8, 4) is 17.2 Å². The van der Waals surface area contributed by atoms with Gasteiger partial charge >= 0.3 is 5.97 Å². The van der Waals surface area contributed by atoms with Crippen molar-refractivity contribution in [2.24, 2.45) is 0 Å². The molecule has 0 bridgehead atoms. The third-order valence-corrected chi connectivity index (χ3v) is 4.94. The topological polar surface area (TPSA) is 69.4 Å². The van der Waals surface area contributed by atoms with Gasteiger partial charge in [0.1, 0.15) is 11.5 Å². The Hall–Kier alpha value is -2.92. The number of halogens is 1. The molecule has 0 aliphatic carbocycles. The van der Waals surface area contributed by atoms with Crippen molar-refractivity contribution >= 4 is 23.4 Å². The first-order valence-electron chi connectivity index (χ1n) is 9.91. The number of oxazole rings is 1. The number of benzene rings is 2. The lowest BCUT2D eigenvalue weighted by Crippen LogP contribution is -2.03. The number of Topliss-reactive ketones (excluding diaryl/α,β-unsaturated/α-hetero) is 1. The van der Waals surface area contributed by atoms with Crippen molar-refractivity contribution in [3.05, 3.63) is 70.6 Å². The molecular formula is C24H24ClNO4. The van der Waals surface area contributed by atoms with E-state index in [9.17, 15) is 9.59 Å². The maximum Gasteiger partial charge on any atom is 0.308 e. The van der Waals surface area contributed by atoms with Gasteiger partial charge in [-0.05, 0) is 49.2 Å². The minimum absolute atomic E-state index is 0.0327. The number of aromatic nitrogens is 1. The molecule has 2 aromatic carbocycles. The zero-order valence-corrected chi connectivity index (χ0v) is 18.0. The van der Waals surface area contributed by atoms with Gasteiger partial charge in [0.05, 0.1) is 16.3 Å². The molecule has 0 radical (unpaired) electrons. The van der Waals surface area contributed by atoms with Crippen LogP contribution in [0.25, 0.3) is 11.5 Å². The van der Waals surface area contributed by atoms with Gasteiger partial charge < -0.3 is 9.15 Å². The molecule has 1 heterocycles. The fourth-order valence-electron chi connectivity index (χ4n) is 3.18. The van der Waals surface area contributed by atoms with Gasteiger partial charge in [0.15, 0.2) is 5.78 Å². The predicted octanol–water partition coefficient (Wildman–Crippen LogP) is 6.25. The van der Waals surface area contributed by atoms with Crippen LogP contribution in [0.1, 0.15) is 61.3 Å². The van der Waals surface area contributed by atoms with E-state index in [2.05, 4.69) is 18.8 Å². The van der Waals surface area contributed by atoms with Crippen molar-refractivity contribution in [1.29, 1.82) is 0 Å². The van der Waals surface area contributed by atoms with Crippen LogP contribution in [0.2, 0.25) is 5.02 Å². The average Bonchev–Trinajstić information content (AvgIpc) is 3.12. The van der Waals surface area contributed by atoms with Crippen LogP contribution in [0.5, 0.6) is 5.75 Å². The zero-order chi connectivity index (χ0) is 21.7. The van der Waals surface area contributed by atoms with E-state index in [1.54, 1.807) is 30.3 Å². The van der Waals surface area contributed by atoms with E-state index in [0.717, 1.165) is 17.0 Å². The van der Waals surface area contributed by atoms with E-state index in [0.29, 0.717) is 41.5 Å². The van der Waals surface area contributed by atoms with Crippen molar-refractivity contribution in [2.45, 2.75) is 46.0 Å². The van der Waals surface area contributed by atoms with E-state index >= 15 is 0 Å². The second-order valence-electron chi connectivity index (χ2n) is 7.36. The molecule has 0 aliphatic rings. The van der Waals surface area contributed by atoms with Crippen LogP contribution < -0.4 is 4.74 Å². The number of ketones is 1. The minimum Gasteiger partial charge on any atom is -0.441 e. The Balaban J connectivity index is 1.66. The molecule has 1 aromatic heterocycles. The summed E-state index contributed by atoms with van der Waals surface area (Å²) in [5, 5.41) is 0.591. The predicted molar refractivity (Wildman–Crippen MR) is 116 cm³/mol. The summed E-state index contributed by atoms with van der Waals surface area (Å²) >= 11 is 6.28. The second-order valence-corrected chi connectivity index (χ2v) is 7.77. The molecule has 0 N–H and O–H groups in total. The number of aryl methyl sites for hydroxylation is 1. The van der Waals surface area contributed by atoms with Gasteiger partial charge in [0, 0.05) is 24.8 Å². The number of carbonyl (C=O) groups is 2. The lowest BCUT2D eigenvalue weighted by molar-refractivity contribution is -0.131. The SMILES string of the molecule is CC(=O)Oc1ccc(C(=O)CCCc2nc(-c3ccccc3Cl)oc2C(C)C)cc1. The Kier molecular flexibility index (Phi) is 7.06. The number of carbonyl (C=O) groups excluding carboxylic acids is 2. The Morgan fingerprint density at radius 1 is 1.10 bits per heavy atom. The van der Waals surface area contributed by atoms with Gasteiger partial charge in [-0.2, -0.15) is 0 Å². The zero-order valence-electron chi connectivity index (χ0n) is 17.3. The molecule has 5 nitrogen and oxygen atoms in total. The minimum atomic E-state index is -0.390. The quantitative estimate of drug-likeness (QED) is 0.242. The first kappa shape index (κ1) is 21.8. The summed E-state index contributed by atoms with van der Waals surface area (Å²) in [5.41, 5.74) is 2.21. The van der Waals surface area contributed by atoms with Crippen LogP contribution in [-0.4, -0.2) is 16.7 Å². The maximum absolute atomic E-state index is 12.5.